The van der Waals surface area contributed by atoms with Crippen molar-refractivity contribution in [1.29, 1.82) is 0 Å². The van der Waals surface area contributed by atoms with Gasteiger partial charge in [0, 0.05) is 0 Å². The first-order valence-electron chi connectivity index (χ1n) is 6.94. The van der Waals surface area contributed by atoms with E-state index >= 15 is 0 Å². The first-order chi connectivity index (χ1) is 10.9. The van der Waals surface area contributed by atoms with Crippen LogP contribution in [0.5, 0.6) is 0 Å². The lowest BCUT2D eigenvalue weighted by Gasteiger charge is -2.25. The number of aryl methyl sites for hydroxylation is 1. The maximum atomic E-state index is 13.0. The highest BCUT2D eigenvalue weighted by molar-refractivity contribution is 7.92. The smallest absolute Gasteiger partial charge is 0.324 e. The van der Waals surface area contributed by atoms with Crippen molar-refractivity contribution in [1.82, 2.24) is 0 Å². The molecule has 7 heteroatoms. The summed E-state index contributed by atoms with van der Waals surface area (Å²) in [4.78, 5) is 11.0. The Bertz CT molecular complexity index is 803. The summed E-state index contributed by atoms with van der Waals surface area (Å²) < 4.78 is 39.4. The molecule has 23 heavy (non-hydrogen) atoms. The number of nitrogens with zero attached hydrogens (tertiary/aromatic N) is 1. The summed E-state index contributed by atoms with van der Waals surface area (Å²) in [5.41, 5.74) is 1.01. The molecule has 2 rings (SSSR count). The highest BCUT2D eigenvalue weighted by Crippen LogP contribution is 2.27. The Kier molecular flexibility index (Phi) is 5.00. The van der Waals surface area contributed by atoms with E-state index in [4.69, 9.17) is 5.11 Å². The van der Waals surface area contributed by atoms with Crippen LogP contribution in [0.4, 0.5) is 10.1 Å². The molecule has 122 valence electrons. The molecule has 2 aromatic rings. The van der Waals surface area contributed by atoms with E-state index in [0.717, 1.165) is 28.6 Å². The Balaban J connectivity index is 2.58. The van der Waals surface area contributed by atoms with E-state index in [9.17, 15) is 17.6 Å². The second kappa shape index (κ2) is 6.78. The normalized spacial score (nSPS) is 11.2. The quantitative estimate of drug-likeness (QED) is 0.879. The van der Waals surface area contributed by atoms with Crippen LogP contribution in [0, 0.1) is 5.82 Å². The van der Waals surface area contributed by atoms with E-state index < -0.39 is 28.4 Å². The monoisotopic (exact) mass is 337 g/mol. The first-order valence-corrected chi connectivity index (χ1v) is 8.38. The number of rotatable bonds is 6. The molecule has 0 heterocycles. The Morgan fingerprint density at radius 2 is 1.74 bits per heavy atom. The van der Waals surface area contributed by atoms with Gasteiger partial charge < -0.3 is 5.11 Å². The summed E-state index contributed by atoms with van der Waals surface area (Å²) in [6, 6.07) is 11.0. The summed E-state index contributed by atoms with van der Waals surface area (Å²) in [6.07, 6.45) is 0.547. The number of aliphatic carboxylic acids is 1. The number of anilines is 1. The number of halogens is 1. The van der Waals surface area contributed by atoms with E-state index in [1.54, 1.807) is 24.3 Å². The van der Waals surface area contributed by atoms with Gasteiger partial charge in [-0.1, -0.05) is 25.1 Å². The Morgan fingerprint density at radius 3 is 2.30 bits per heavy atom. The minimum Gasteiger partial charge on any atom is -0.480 e. The van der Waals surface area contributed by atoms with E-state index in [2.05, 4.69) is 0 Å². The van der Waals surface area contributed by atoms with Gasteiger partial charge in [-0.3, -0.25) is 9.10 Å². The van der Waals surface area contributed by atoms with Gasteiger partial charge in [0.05, 0.1) is 10.6 Å². The van der Waals surface area contributed by atoms with Crippen molar-refractivity contribution < 1.29 is 22.7 Å². The second-order valence-corrected chi connectivity index (χ2v) is 6.70. The number of carboxylic acids is 1. The van der Waals surface area contributed by atoms with Crippen molar-refractivity contribution in [3.63, 3.8) is 0 Å². The third-order valence-corrected chi connectivity index (χ3v) is 5.10. The molecule has 0 radical (unpaired) electrons. The molecule has 0 aliphatic rings. The van der Waals surface area contributed by atoms with Crippen LogP contribution in [-0.2, 0) is 21.2 Å². The number of para-hydroxylation sites is 1. The van der Waals surface area contributed by atoms with Crippen LogP contribution in [0.25, 0.3) is 0 Å². The van der Waals surface area contributed by atoms with Gasteiger partial charge >= 0.3 is 5.97 Å². The van der Waals surface area contributed by atoms with Crippen molar-refractivity contribution >= 4 is 21.7 Å². The van der Waals surface area contributed by atoms with E-state index in [0.29, 0.717) is 17.7 Å². The predicted molar refractivity (Wildman–Crippen MR) is 84.4 cm³/mol. The molecule has 0 saturated heterocycles. The standard InChI is InChI=1S/C16H16FNO4S/c1-2-12-5-3-4-6-15(12)18(11-16(19)20)23(21,22)14-9-7-13(17)8-10-14/h3-10H,2,11H2,1H3,(H,19,20). The maximum Gasteiger partial charge on any atom is 0.324 e. The van der Waals surface area contributed by atoms with Gasteiger partial charge in [0.1, 0.15) is 12.4 Å². The van der Waals surface area contributed by atoms with Gasteiger partial charge in [-0.05, 0) is 42.3 Å². The second-order valence-electron chi connectivity index (χ2n) is 4.84. The summed E-state index contributed by atoms with van der Waals surface area (Å²) in [5.74, 6) is -1.84. The first kappa shape index (κ1) is 17.0. The lowest BCUT2D eigenvalue weighted by molar-refractivity contribution is -0.135. The van der Waals surface area contributed by atoms with E-state index in [-0.39, 0.29) is 4.90 Å². The van der Waals surface area contributed by atoms with Crippen LogP contribution < -0.4 is 4.31 Å². The van der Waals surface area contributed by atoms with Gasteiger partial charge in [0.15, 0.2) is 0 Å². The molecule has 0 unspecified atom stereocenters. The molecule has 0 saturated carbocycles. The molecule has 0 aliphatic carbocycles. The minimum absolute atomic E-state index is 0.161. The summed E-state index contributed by atoms with van der Waals surface area (Å²) in [5, 5.41) is 9.10. The van der Waals surface area contributed by atoms with Crippen LogP contribution in [0.2, 0.25) is 0 Å². The zero-order valence-electron chi connectivity index (χ0n) is 12.4. The van der Waals surface area contributed by atoms with Crippen LogP contribution in [0.3, 0.4) is 0 Å². The molecule has 0 amide bonds. The average Bonchev–Trinajstić information content (AvgIpc) is 2.52. The fourth-order valence-corrected chi connectivity index (χ4v) is 3.66. The topological polar surface area (TPSA) is 74.7 Å². The summed E-state index contributed by atoms with van der Waals surface area (Å²) >= 11 is 0. The van der Waals surface area contributed by atoms with Crippen molar-refractivity contribution in [3.8, 4) is 0 Å². The molecule has 1 N–H and O–H groups in total. The molecule has 5 nitrogen and oxygen atoms in total. The molecule has 2 aromatic carbocycles. The fraction of sp³-hybridized carbons (Fsp3) is 0.188. The van der Waals surface area contributed by atoms with Crippen molar-refractivity contribution in [2.45, 2.75) is 18.2 Å². The van der Waals surface area contributed by atoms with Crippen molar-refractivity contribution in [2.24, 2.45) is 0 Å². The van der Waals surface area contributed by atoms with Gasteiger partial charge in [-0.25, -0.2) is 12.8 Å². The molecule has 0 spiro atoms. The Morgan fingerprint density at radius 1 is 1.13 bits per heavy atom. The Hall–Kier alpha value is -2.41. The molecular weight excluding hydrogens is 321 g/mol. The highest BCUT2D eigenvalue weighted by Gasteiger charge is 2.28. The molecule has 0 bridgehead atoms. The minimum atomic E-state index is -4.11. The average molecular weight is 337 g/mol. The van der Waals surface area contributed by atoms with Crippen LogP contribution >= 0.6 is 0 Å². The highest BCUT2D eigenvalue weighted by atomic mass is 32.2. The maximum absolute atomic E-state index is 13.0. The molecular formula is C16H16FNO4S. The molecule has 0 atom stereocenters. The van der Waals surface area contributed by atoms with Gasteiger partial charge in [-0.2, -0.15) is 0 Å². The lowest BCUT2D eigenvalue weighted by Crippen LogP contribution is -2.36. The van der Waals surface area contributed by atoms with Gasteiger partial charge in [-0.15, -0.1) is 0 Å². The van der Waals surface area contributed by atoms with Crippen molar-refractivity contribution in [2.75, 3.05) is 10.8 Å². The van der Waals surface area contributed by atoms with E-state index in [1.807, 2.05) is 6.92 Å². The zero-order valence-corrected chi connectivity index (χ0v) is 13.3. The van der Waals surface area contributed by atoms with E-state index in [1.165, 1.54) is 0 Å². The third kappa shape index (κ3) is 3.68. The predicted octanol–water partition coefficient (Wildman–Crippen LogP) is 2.67. The van der Waals surface area contributed by atoms with Crippen LogP contribution in [0.1, 0.15) is 12.5 Å². The molecule has 0 aliphatic heterocycles. The largest absolute Gasteiger partial charge is 0.480 e. The van der Waals surface area contributed by atoms with Crippen LogP contribution in [0.15, 0.2) is 53.4 Å². The molecule has 0 fully saturated rings. The summed E-state index contributed by atoms with van der Waals surface area (Å²) in [6.45, 7) is 1.14. The van der Waals surface area contributed by atoms with Crippen LogP contribution in [-0.4, -0.2) is 26.0 Å². The number of benzene rings is 2. The molecule has 0 aromatic heterocycles. The number of sulfonamides is 1. The lowest BCUT2D eigenvalue weighted by atomic mass is 10.1. The zero-order chi connectivity index (χ0) is 17.0. The number of hydrogen-bond donors (Lipinski definition) is 1. The number of hydrogen-bond acceptors (Lipinski definition) is 3. The summed E-state index contributed by atoms with van der Waals surface area (Å²) in [7, 11) is -4.11. The number of carboxylic acid groups (broad SMARTS) is 1. The van der Waals surface area contributed by atoms with Gasteiger partial charge in [0.25, 0.3) is 10.0 Å². The number of carbonyl (C=O) groups is 1. The Labute approximate surface area is 134 Å². The SMILES string of the molecule is CCc1ccccc1N(CC(=O)O)S(=O)(=O)c1ccc(F)cc1. The van der Waals surface area contributed by atoms with Gasteiger partial charge in [0.2, 0.25) is 0 Å². The fourth-order valence-electron chi connectivity index (χ4n) is 2.21. The van der Waals surface area contributed by atoms with Crippen molar-refractivity contribution in [3.05, 3.63) is 59.9 Å². The third-order valence-electron chi connectivity index (χ3n) is 3.32.